The van der Waals surface area contributed by atoms with Crippen molar-refractivity contribution in [1.82, 2.24) is 0 Å². The number of Topliss-reactive ketones (excluding diaryl/α,β-unsaturated/α-hetero) is 1. The van der Waals surface area contributed by atoms with Crippen LogP contribution in [0.15, 0.2) is 84.0 Å². The van der Waals surface area contributed by atoms with Crippen LogP contribution in [0.1, 0.15) is 60.3 Å². The molecule has 3 aromatic carbocycles. The van der Waals surface area contributed by atoms with Gasteiger partial charge in [0.05, 0.1) is 5.57 Å². The van der Waals surface area contributed by atoms with Crippen LogP contribution in [0.2, 0.25) is 0 Å². The largest absolute Gasteiger partial charge is 0.372 e. The third-order valence-electron chi connectivity index (χ3n) is 7.44. The van der Waals surface area contributed by atoms with Crippen molar-refractivity contribution in [3.8, 4) is 11.1 Å². The number of rotatable bonds is 6. The Hall–Kier alpha value is -4.25. The second-order valence-corrected chi connectivity index (χ2v) is 9.82. The maximum absolute atomic E-state index is 13.3. The van der Waals surface area contributed by atoms with Crippen molar-refractivity contribution in [2.24, 2.45) is 5.16 Å². The Labute approximate surface area is 217 Å². The number of benzene rings is 3. The lowest BCUT2D eigenvalue weighted by Gasteiger charge is -2.26. The average Bonchev–Trinajstić information content (AvgIpc) is 3.30. The van der Waals surface area contributed by atoms with Gasteiger partial charge in [0.2, 0.25) is 0 Å². The van der Waals surface area contributed by atoms with E-state index < -0.39 is 5.97 Å². The van der Waals surface area contributed by atoms with Crippen LogP contribution >= 0.6 is 0 Å². The molecule has 186 valence electrons. The quantitative estimate of drug-likeness (QED) is 0.223. The van der Waals surface area contributed by atoms with E-state index in [9.17, 15) is 9.59 Å². The van der Waals surface area contributed by atoms with E-state index in [0.717, 1.165) is 24.7 Å². The number of anilines is 1. The normalized spacial score (nSPS) is 16.9. The summed E-state index contributed by atoms with van der Waals surface area (Å²) < 4.78 is 0. The summed E-state index contributed by atoms with van der Waals surface area (Å²) >= 11 is 0. The smallest absolute Gasteiger partial charge is 0.358 e. The first kappa shape index (κ1) is 24.4. The Morgan fingerprint density at radius 1 is 0.946 bits per heavy atom. The van der Waals surface area contributed by atoms with E-state index >= 15 is 0 Å². The van der Waals surface area contributed by atoms with Crippen LogP contribution in [0.5, 0.6) is 0 Å². The first-order valence-corrected chi connectivity index (χ1v) is 12.6. The highest BCUT2D eigenvalue weighted by molar-refractivity contribution is 6.42. The van der Waals surface area contributed by atoms with E-state index in [4.69, 9.17) is 4.84 Å². The second kappa shape index (κ2) is 9.32. The molecular weight excluding hydrogens is 460 g/mol. The number of carbonyl (C=O) groups is 2. The van der Waals surface area contributed by atoms with Gasteiger partial charge < -0.3 is 9.74 Å². The van der Waals surface area contributed by atoms with E-state index in [1.165, 1.54) is 27.9 Å². The minimum absolute atomic E-state index is 0.143. The highest BCUT2D eigenvalue weighted by atomic mass is 16.7. The van der Waals surface area contributed by atoms with Crippen molar-refractivity contribution < 1.29 is 14.4 Å². The summed E-state index contributed by atoms with van der Waals surface area (Å²) in [5.74, 6) is -0.819. The van der Waals surface area contributed by atoms with Crippen molar-refractivity contribution in [2.45, 2.75) is 33.1 Å². The zero-order valence-corrected chi connectivity index (χ0v) is 21.7. The Balaban J connectivity index is 1.58. The van der Waals surface area contributed by atoms with Crippen LogP contribution in [-0.2, 0) is 15.0 Å². The lowest BCUT2D eigenvalue weighted by atomic mass is 9.81. The van der Waals surface area contributed by atoms with Crippen molar-refractivity contribution in [1.29, 1.82) is 0 Å². The number of oxime groups is 1. The first-order chi connectivity index (χ1) is 17.8. The molecule has 0 aromatic heterocycles. The van der Waals surface area contributed by atoms with E-state index in [-0.39, 0.29) is 11.2 Å². The van der Waals surface area contributed by atoms with E-state index in [0.29, 0.717) is 22.4 Å². The molecule has 0 amide bonds. The standard InChI is InChI=1S/C32H30N2O3/c1-6-29(35)37-33-30-24-11-9-10-12-25(24)31(36)26(30)17-20-13-15-22-23-16-14-21(34(7-2)8-3)19-28(23)32(4,5)27(22)18-20/h6,9-19H,1,7-8H2,2-5H3/b26-17-,33-30?. The summed E-state index contributed by atoms with van der Waals surface area (Å²) in [5.41, 5.74) is 8.85. The highest BCUT2D eigenvalue weighted by Gasteiger charge is 2.36. The Kier molecular flexibility index (Phi) is 6.16. The summed E-state index contributed by atoms with van der Waals surface area (Å²) in [7, 11) is 0. The van der Waals surface area contributed by atoms with Crippen molar-refractivity contribution >= 4 is 29.2 Å². The fourth-order valence-electron chi connectivity index (χ4n) is 5.43. The molecule has 0 radical (unpaired) electrons. The molecule has 0 saturated heterocycles. The lowest BCUT2D eigenvalue weighted by Crippen LogP contribution is -2.22. The molecule has 0 heterocycles. The zero-order chi connectivity index (χ0) is 26.3. The summed E-state index contributed by atoms with van der Waals surface area (Å²) in [6, 6.07) is 20.3. The molecule has 5 rings (SSSR count). The second-order valence-electron chi connectivity index (χ2n) is 9.82. The molecule has 0 fully saturated rings. The molecule has 5 heteroatoms. The van der Waals surface area contributed by atoms with E-state index in [2.05, 4.69) is 74.7 Å². The van der Waals surface area contributed by atoms with Crippen molar-refractivity contribution in [3.05, 3.63) is 107 Å². The van der Waals surface area contributed by atoms with Gasteiger partial charge in [0, 0.05) is 41.4 Å². The number of allylic oxidation sites excluding steroid dienone is 1. The average molecular weight is 491 g/mol. The molecule has 0 atom stereocenters. The SMILES string of the molecule is C=CC(=O)ON=C1/C(=C/c2ccc3c(c2)C(C)(C)c2cc(N(CC)CC)ccc2-3)C(=O)c2ccccc21. The molecule has 3 aromatic rings. The molecule has 5 nitrogen and oxygen atoms in total. The number of hydrogen-bond acceptors (Lipinski definition) is 5. The Morgan fingerprint density at radius 2 is 1.59 bits per heavy atom. The fraction of sp³-hybridized carbons (Fsp3) is 0.219. The predicted octanol–water partition coefficient (Wildman–Crippen LogP) is 6.55. The molecule has 0 unspecified atom stereocenters. The lowest BCUT2D eigenvalue weighted by molar-refractivity contribution is -0.137. The van der Waals surface area contributed by atoms with Crippen LogP contribution in [0.4, 0.5) is 5.69 Å². The predicted molar refractivity (Wildman–Crippen MR) is 149 cm³/mol. The van der Waals surface area contributed by atoms with Crippen molar-refractivity contribution in [2.75, 3.05) is 18.0 Å². The van der Waals surface area contributed by atoms with Gasteiger partial charge in [-0.1, -0.05) is 74.1 Å². The molecule has 0 saturated carbocycles. The number of nitrogens with zero attached hydrogens (tertiary/aromatic N) is 2. The van der Waals surface area contributed by atoms with Crippen LogP contribution in [0.25, 0.3) is 17.2 Å². The summed E-state index contributed by atoms with van der Waals surface area (Å²) in [5, 5.41) is 4.04. The van der Waals surface area contributed by atoms with Crippen LogP contribution in [0, 0.1) is 0 Å². The van der Waals surface area contributed by atoms with Gasteiger partial charge in [0.1, 0.15) is 5.71 Å². The Morgan fingerprint density at radius 3 is 2.27 bits per heavy atom. The first-order valence-electron chi connectivity index (χ1n) is 12.6. The fourth-order valence-corrected chi connectivity index (χ4v) is 5.43. The molecule has 0 bridgehead atoms. The maximum atomic E-state index is 13.3. The van der Waals surface area contributed by atoms with Gasteiger partial charge in [-0.25, -0.2) is 4.79 Å². The maximum Gasteiger partial charge on any atom is 0.358 e. The topological polar surface area (TPSA) is 59.0 Å². The van der Waals surface area contributed by atoms with Crippen LogP contribution in [-0.4, -0.2) is 30.6 Å². The molecule has 2 aliphatic carbocycles. The van der Waals surface area contributed by atoms with Crippen LogP contribution in [0.3, 0.4) is 0 Å². The van der Waals surface area contributed by atoms with Gasteiger partial charge in [0.15, 0.2) is 5.78 Å². The van der Waals surface area contributed by atoms with Gasteiger partial charge in [0.25, 0.3) is 0 Å². The molecule has 0 aliphatic heterocycles. The number of ketones is 1. The van der Waals surface area contributed by atoms with Crippen LogP contribution < -0.4 is 4.90 Å². The third-order valence-corrected chi connectivity index (χ3v) is 7.44. The summed E-state index contributed by atoms with van der Waals surface area (Å²) in [4.78, 5) is 32.3. The van der Waals surface area contributed by atoms with E-state index in [1.807, 2.05) is 30.3 Å². The van der Waals surface area contributed by atoms with Gasteiger partial charge in [-0.05, 0) is 59.9 Å². The van der Waals surface area contributed by atoms with Gasteiger partial charge in [-0.2, -0.15) is 0 Å². The molecule has 37 heavy (non-hydrogen) atoms. The molecule has 0 N–H and O–H groups in total. The third kappa shape index (κ3) is 4.01. The summed E-state index contributed by atoms with van der Waals surface area (Å²) in [6.45, 7) is 14.2. The van der Waals surface area contributed by atoms with E-state index in [1.54, 1.807) is 6.07 Å². The van der Waals surface area contributed by atoms with Gasteiger partial charge in [-0.3, -0.25) is 4.79 Å². The minimum Gasteiger partial charge on any atom is -0.372 e. The molecule has 2 aliphatic rings. The molecule has 0 spiro atoms. The van der Waals surface area contributed by atoms with Crippen molar-refractivity contribution in [3.63, 3.8) is 0 Å². The monoisotopic (exact) mass is 490 g/mol. The zero-order valence-electron chi connectivity index (χ0n) is 21.7. The molecular formula is C32H30N2O3. The Bertz CT molecular complexity index is 1510. The van der Waals surface area contributed by atoms with Gasteiger partial charge in [-0.15, -0.1) is 0 Å². The number of carbonyl (C=O) groups excluding carboxylic acids is 2. The number of fused-ring (bicyclic) bond motifs is 4. The van der Waals surface area contributed by atoms with Gasteiger partial charge >= 0.3 is 5.97 Å². The summed E-state index contributed by atoms with van der Waals surface area (Å²) in [6.07, 6.45) is 2.88. The highest BCUT2D eigenvalue weighted by Crippen LogP contribution is 2.50. The number of hydrogen-bond donors (Lipinski definition) is 0. The minimum atomic E-state index is -0.676.